The summed E-state index contributed by atoms with van der Waals surface area (Å²) in [6.07, 6.45) is 0.770. The molecule has 114 valence electrons. The Morgan fingerprint density at radius 1 is 0.909 bits per heavy atom. The Kier molecular flexibility index (Phi) is 5.31. The smallest absolute Gasteiger partial charge is 0.343 e. The number of rotatable bonds is 5. The van der Waals surface area contributed by atoms with E-state index in [1.807, 2.05) is 25.1 Å². The maximum Gasteiger partial charge on any atom is 0.343 e. The van der Waals surface area contributed by atoms with E-state index in [9.17, 15) is 9.59 Å². The Bertz CT molecular complexity index is 676. The van der Waals surface area contributed by atoms with Crippen molar-refractivity contribution in [2.75, 3.05) is 6.61 Å². The second-order valence-electron chi connectivity index (χ2n) is 4.65. The zero-order chi connectivity index (χ0) is 15.9. The monoisotopic (exact) mass is 298 g/mol. The number of esters is 2. The lowest BCUT2D eigenvalue weighted by Gasteiger charge is -2.09. The standard InChI is InChI=1S/C18H18O4/c1-3-13-8-5-6-11-16(13)22-18(20)15-10-7-9-14(12-15)17(19)21-4-2/h5-12H,3-4H2,1-2H3. The molecule has 0 spiro atoms. The third-order valence-corrected chi connectivity index (χ3v) is 3.17. The van der Waals surface area contributed by atoms with Crippen molar-refractivity contribution in [3.63, 3.8) is 0 Å². The largest absolute Gasteiger partial charge is 0.462 e. The molecule has 0 aliphatic rings. The topological polar surface area (TPSA) is 52.6 Å². The van der Waals surface area contributed by atoms with Crippen molar-refractivity contribution >= 4 is 11.9 Å². The van der Waals surface area contributed by atoms with E-state index in [-0.39, 0.29) is 6.61 Å². The summed E-state index contributed by atoms with van der Waals surface area (Å²) >= 11 is 0. The molecule has 4 heteroatoms. The Hall–Kier alpha value is -2.62. The molecule has 0 saturated heterocycles. The molecule has 0 saturated carbocycles. The number of carbonyl (C=O) groups is 2. The Morgan fingerprint density at radius 2 is 1.59 bits per heavy atom. The van der Waals surface area contributed by atoms with Gasteiger partial charge in [0.05, 0.1) is 17.7 Å². The van der Waals surface area contributed by atoms with E-state index in [1.54, 1.807) is 31.2 Å². The lowest BCUT2D eigenvalue weighted by atomic mass is 10.1. The quantitative estimate of drug-likeness (QED) is 0.624. The molecule has 0 heterocycles. The molecule has 0 aliphatic carbocycles. The SMILES string of the molecule is CCOC(=O)c1cccc(C(=O)Oc2ccccc2CC)c1. The van der Waals surface area contributed by atoms with Gasteiger partial charge in [-0.25, -0.2) is 9.59 Å². The second-order valence-corrected chi connectivity index (χ2v) is 4.65. The van der Waals surface area contributed by atoms with Crippen molar-refractivity contribution in [1.29, 1.82) is 0 Å². The minimum Gasteiger partial charge on any atom is -0.462 e. The fraction of sp³-hybridized carbons (Fsp3) is 0.222. The maximum atomic E-state index is 12.2. The minimum absolute atomic E-state index is 0.289. The fourth-order valence-electron chi connectivity index (χ4n) is 2.04. The summed E-state index contributed by atoms with van der Waals surface area (Å²) in [5, 5.41) is 0. The number of benzene rings is 2. The number of ether oxygens (including phenoxy) is 2. The van der Waals surface area contributed by atoms with E-state index < -0.39 is 11.9 Å². The lowest BCUT2D eigenvalue weighted by molar-refractivity contribution is 0.0526. The molecule has 0 aromatic heterocycles. The van der Waals surface area contributed by atoms with Crippen LogP contribution in [0.25, 0.3) is 0 Å². The summed E-state index contributed by atoms with van der Waals surface area (Å²) in [5.41, 5.74) is 1.61. The van der Waals surface area contributed by atoms with E-state index in [0.717, 1.165) is 12.0 Å². The van der Waals surface area contributed by atoms with Gasteiger partial charge in [0, 0.05) is 0 Å². The third kappa shape index (κ3) is 3.73. The summed E-state index contributed by atoms with van der Waals surface area (Å²) in [7, 11) is 0. The predicted molar refractivity (Wildman–Crippen MR) is 83.2 cm³/mol. The van der Waals surface area contributed by atoms with Crippen LogP contribution in [-0.2, 0) is 11.2 Å². The number of carbonyl (C=O) groups excluding carboxylic acids is 2. The second kappa shape index (κ2) is 7.41. The Morgan fingerprint density at radius 3 is 2.27 bits per heavy atom. The highest BCUT2D eigenvalue weighted by atomic mass is 16.5. The van der Waals surface area contributed by atoms with Gasteiger partial charge in [0.1, 0.15) is 5.75 Å². The lowest BCUT2D eigenvalue weighted by Crippen LogP contribution is -2.12. The van der Waals surface area contributed by atoms with E-state index >= 15 is 0 Å². The van der Waals surface area contributed by atoms with Crippen LogP contribution >= 0.6 is 0 Å². The molecular weight excluding hydrogens is 280 g/mol. The van der Waals surface area contributed by atoms with Crippen LogP contribution in [0.1, 0.15) is 40.1 Å². The highest BCUT2D eigenvalue weighted by molar-refractivity contribution is 5.96. The van der Waals surface area contributed by atoms with Gasteiger partial charge in [-0.1, -0.05) is 31.2 Å². The van der Waals surface area contributed by atoms with Gasteiger partial charge >= 0.3 is 11.9 Å². The summed E-state index contributed by atoms with van der Waals surface area (Å²) < 4.78 is 10.4. The molecule has 0 bridgehead atoms. The predicted octanol–water partition coefficient (Wildman–Crippen LogP) is 3.64. The number of hydrogen-bond acceptors (Lipinski definition) is 4. The molecule has 0 aliphatic heterocycles. The van der Waals surface area contributed by atoms with Crippen molar-refractivity contribution < 1.29 is 19.1 Å². The van der Waals surface area contributed by atoms with E-state index in [1.165, 1.54) is 6.07 Å². The van der Waals surface area contributed by atoms with Crippen LogP contribution < -0.4 is 4.74 Å². The first-order valence-electron chi connectivity index (χ1n) is 7.23. The number of hydrogen-bond donors (Lipinski definition) is 0. The molecule has 0 N–H and O–H groups in total. The van der Waals surface area contributed by atoms with Crippen LogP contribution in [-0.4, -0.2) is 18.5 Å². The molecule has 4 nitrogen and oxygen atoms in total. The van der Waals surface area contributed by atoms with Gasteiger partial charge < -0.3 is 9.47 Å². The molecule has 0 atom stereocenters. The molecule has 0 unspecified atom stereocenters. The summed E-state index contributed by atoms with van der Waals surface area (Å²) in [4.78, 5) is 23.9. The fourth-order valence-corrected chi connectivity index (χ4v) is 2.04. The highest BCUT2D eigenvalue weighted by Crippen LogP contribution is 2.20. The van der Waals surface area contributed by atoms with Crippen LogP contribution in [0.15, 0.2) is 48.5 Å². The van der Waals surface area contributed by atoms with Crippen LogP contribution in [0, 0.1) is 0 Å². The molecular formula is C18H18O4. The molecule has 0 amide bonds. The van der Waals surface area contributed by atoms with E-state index in [0.29, 0.717) is 16.9 Å². The average Bonchev–Trinajstić information content (AvgIpc) is 2.55. The first-order valence-corrected chi connectivity index (χ1v) is 7.23. The molecule has 22 heavy (non-hydrogen) atoms. The molecule has 2 aromatic rings. The van der Waals surface area contributed by atoms with E-state index in [4.69, 9.17) is 9.47 Å². The summed E-state index contributed by atoms with van der Waals surface area (Å²) in [6.45, 7) is 4.02. The normalized spacial score (nSPS) is 10.1. The van der Waals surface area contributed by atoms with Gasteiger partial charge in [-0.15, -0.1) is 0 Å². The van der Waals surface area contributed by atoms with Crippen LogP contribution in [0.4, 0.5) is 0 Å². The number of aryl methyl sites for hydroxylation is 1. The Balaban J connectivity index is 2.19. The molecule has 2 rings (SSSR count). The molecule has 0 fully saturated rings. The van der Waals surface area contributed by atoms with Crippen molar-refractivity contribution in [1.82, 2.24) is 0 Å². The van der Waals surface area contributed by atoms with Crippen molar-refractivity contribution in [2.45, 2.75) is 20.3 Å². The van der Waals surface area contributed by atoms with Gasteiger partial charge in [-0.05, 0) is 43.2 Å². The zero-order valence-corrected chi connectivity index (χ0v) is 12.7. The minimum atomic E-state index is -0.493. The average molecular weight is 298 g/mol. The molecule has 2 aromatic carbocycles. The van der Waals surface area contributed by atoms with Crippen LogP contribution in [0.5, 0.6) is 5.75 Å². The number of para-hydroxylation sites is 1. The van der Waals surface area contributed by atoms with Gasteiger partial charge in [-0.3, -0.25) is 0 Å². The first kappa shape index (κ1) is 15.8. The van der Waals surface area contributed by atoms with Crippen molar-refractivity contribution in [2.24, 2.45) is 0 Å². The third-order valence-electron chi connectivity index (χ3n) is 3.17. The van der Waals surface area contributed by atoms with Gasteiger partial charge in [0.15, 0.2) is 0 Å². The van der Waals surface area contributed by atoms with Gasteiger partial charge in [0.25, 0.3) is 0 Å². The summed E-state index contributed by atoms with van der Waals surface area (Å²) in [5.74, 6) is -0.408. The van der Waals surface area contributed by atoms with Crippen molar-refractivity contribution in [3.8, 4) is 5.75 Å². The summed E-state index contributed by atoms with van der Waals surface area (Å²) in [6, 6.07) is 13.7. The van der Waals surface area contributed by atoms with Crippen molar-refractivity contribution in [3.05, 3.63) is 65.2 Å². The van der Waals surface area contributed by atoms with Crippen LogP contribution in [0.2, 0.25) is 0 Å². The highest BCUT2D eigenvalue weighted by Gasteiger charge is 2.14. The van der Waals surface area contributed by atoms with Gasteiger partial charge in [-0.2, -0.15) is 0 Å². The zero-order valence-electron chi connectivity index (χ0n) is 12.7. The molecule has 0 radical (unpaired) electrons. The van der Waals surface area contributed by atoms with Crippen LogP contribution in [0.3, 0.4) is 0 Å². The van der Waals surface area contributed by atoms with E-state index in [2.05, 4.69) is 0 Å². The first-order chi connectivity index (χ1) is 10.7. The Labute approximate surface area is 129 Å². The van der Waals surface area contributed by atoms with Gasteiger partial charge in [0.2, 0.25) is 0 Å². The maximum absolute atomic E-state index is 12.2.